The predicted molar refractivity (Wildman–Crippen MR) is 177 cm³/mol. The van der Waals surface area contributed by atoms with E-state index in [0.717, 1.165) is 5.56 Å². The van der Waals surface area contributed by atoms with Crippen LogP contribution in [0.3, 0.4) is 0 Å². The Hall–Kier alpha value is -3.80. The number of hydrogen-bond acceptors (Lipinski definition) is 7. The molecule has 0 radical (unpaired) electrons. The molecule has 11 heteroatoms. The number of esters is 1. The van der Waals surface area contributed by atoms with Crippen molar-refractivity contribution in [3.8, 4) is 0 Å². The van der Waals surface area contributed by atoms with Crippen molar-refractivity contribution in [2.75, 3.05) is 20.2 Å². The summed E-state index contributed by atoms with van der Waals surface area (Å²) in [5.74, 6) is -3.70. The number of carbonyl (C=O) groups is 4. The van der Waals surface area contributed by atoms with Crippen molar-refractivity contribution in [2.24, 2.45) is 11.8 Å². The molecule has 4 aliphatic heterocycles. The second-order valence-electron chi connectivity index (χ2n) is 12.8. The van der Waals surface area contributed by atoms with E-state index in [-0.39, 0.29) is 37.9 Å². The van der Waals surface area contributed by atoms with Gasteiger partial charge in [-0.1, -0.05) is 88.7 Å². The van der Waals surface area contributed by atoms with E-state index in [1.807, 2.05) is 79.7 Å². The van der Waals surface area contributed by atoms with Gasteiger partial charge in [0.15, 0.2) is 0 Å². The molecule has 8 atom stereocenters. The van der Waals surface area contributed by atoms with E-state index in [9.17, 15) is 24.3 Å². The van der Waals surface area contributed by atoms with Crippen molar-refractivity contribution in [1.29, 1.82) is 0 Å². The van der Waals surface area contributed by atoms with Gasteiger partial charge in [0.1, 0.15) is 29.8 Å². The molecule has 2 saturated heterocycles. The minimum Gasteiger partial charge on any atom is -0.455 e. The molecule has 0 aliphatic carbocycles. The number of rotatable bonds is 5. The van der Waals surface area contributed by atoms with Crippen LogP contribution >= 0.6 is 15.9 Å². The first-order valence-electron chi connectivity index (χ1n) is 16.1. The molecule has 47 heavy (non-hydrogen) atoms. The average Bonchev–Trinajstić information content (AvgIpc) is 3.68. The Morgan fingerprint density at radius 3 is 2.34 bits per heavy atom. The number of likely N-dealkylation sites (N-methyl/N-ethyl adjacent to an activating group) is 1. The third kappa shape index (κ3) is 5.83. The number of likely N-dealkylation sites (tertiary alicyclic amines) is 1. The summed E-state index contributed by atoms with van der Waals surface area (Å²) in [6.07, 6.45) is 4.51. The molecule has 2 aromatic carbocycles. The number of nitrogens with zero attached hydrogens (tertiary/aromatic N) is 3. The number of amides is 3. The maximum Gasteiger partial charge on any atom is 0.313 e. The second-order valence-corrected chi connectivity index (χ2v) is 13.7. The molecule has 5 bridgehead atoms. The quantitative estimate of drug-likeness (QED) is 0.372. The van der Waals surface area contributed by atoms with Crippen molar-refractivity contribution >= 4 is 39.6 Å². The lowest BCUT2D eigenvalue weighted by molar-refractivity contribution is -0.164. The van der Waals surface area contributed by atoms with Gasteiger partial charge in [-0.15, -0.1) is 0 Å². The van der Waals surface area contributed by atoms with E-state index in [4.69, 9.17) is 9.47 Å². The Morgan fingerprint density at radius 1 is 0.979 bits per heavy atom. The normalized spacial score (nSPS) is 32.7. The summed E-state index contributed by atoms with van der Waals surface area (Å²) in [5, 5.41) is 10.3. The molecule has 1 N–H and O–H groups in total. The third-order valence-electron chi connectivity index (χ3n) is 9.97. The molecule has 0 unspecified atom stereocenters. The van der Waals surface area contributed by atoms with E-state index in [1.165, 1.54) is 4.90 Å². The topological polar surface area (TPSA) is 117 Å². The molecule has 6 rings (SSSR count). The average molecular weight is 707 g/mol. The first kappa shape index (κ1) is 33.1. The fraction of sp³-hybridized carbons (Fsp3) is 0.444. The van der Waals surface area contributed by atoms with Gasteiger partial charge in [-0.3, -0.25) is 19.2 Å². The van der Waals surface area contributed by atoms with Crippen LogP contribution in [0.4, 0.5) is 0 Å². The molecule has 2 aromatic rings. The summed E-state index contributed by atoms with van der Waals surface area (Å²) < 4.78 is 13.4. The highest BCUT2D eigenvalue weighted by atomic mass is 79.9. The van der Waals surface area contributed by atoms with Crippen LogP contribution in [-0.2, 0) is 35.2 Å². The first-order chi connectivity index (χ1) is 22.6. The van der Waals surface area contributed by atoms with E-state index >= 15 is 0 Å². The Kier molecular flexibility index (Phi) is 9.42. The zero-order valence-corrected chi connectivity index (χ0v) is 28.3. The van der Waals surface area contributed by atoms with Gasteiger partial charge < -0.3 is 29.3 Å². The van der Waals surface area contributed by atoms with Crippen molar-refractivity contribution in [1.82, 2.24) is 14.7 Å². The highest BCUT2D eigenvalue weighted by Gasteiger charge is 2.75. The number of carbonyl (C=O) groups excluding carboxylic acids is 4. The minimum atomic E-state index is -1.46. The van der Waals surface area contributed by atoms with Gasteiger partial charge in [-0.2, -0.15) is 0 Å². The summed E-state index contributed by atoms with van der Waals surface area (Å²) >= 11 is 3.59. The van der Waals surface area contributed by atoms with E-state index in [1.54, 1.807) is 29.8 Å². The summed E-state index contributed by atoms with van der Waals surface area (Å²) in [4.78, 5) is 61.6. The number of benzene rings is 2. The minimum absolute atomic E-state index is 0.114. The number of halogens is 1. The van der Waals surface area contributed by atoms with Crippen LogP contribution in [-0.4, -0.2) is 93.5 Å². The Morgan fingerprint density at radius 2 is 1.66 bits per heavy atom. The van der Waals surface area contributed by atoms with Gasteiger partial charge in [-0.05, 0) is 37.5 Å². The lowest BCUT2D eigenvalue weighted by atomic mass is 9.74. The van der Waals surface area contributed by atoms with Crippen molar-refractivity contribution < 1.29 is 33.8 Å². The zero-order valence-electron chi connectivity index (χ0n) is 26.7. The van der Waals surface area contributed by atoms with E-state index in [2.05, 4.69) is 15.9 Å². The highest BCUT2D eigenvalue weighted by Crippen LogP contribution is 2.59. The highest BCUT2D eigenvalue weighted by molar-refractivity contribution is 9.11. The maximum absolute atomic E-state index is 14.8. The number of fused-ring (bicyclic) bond motifs is 2. The van der Waals surface area contributed by atoms with Gasteiger partial charge in [0, 0.05) is 31.0 Å². The van der Waals surface area contributed by atoms with E-state index in [0.29, 0.717) is 16.5 Å². The van der Waals surface area contributed by atoms with Crippen LogP contribution < -0.4 is 0 Å². The molecule has 3 amide bonds. The number of cyclic esters (lactones) is 1. The molecule has 2 fully saturated rings. The summed E-state index contributed by atoms with van der Waals surface area (Å²) in [6, 6.07) is 16.4. The summed E-state index contributed by atoms with van der Waals surface area (Å²) in [5.41, 5.74) is 0.141. The third-order valence-corrected chi connectivity index (χ3v) is 10.6. The van der Waals surface area contributed by atoms with Gasteiger partial charge >= 0.3 is 5.97 Å². The fourth-order valence-corrected chi connectivity index (χ4v) is 8.14. The standard InChI is InChI=1S/C36H40BrN3O7/c1-22(21-41)40-32-34(44)39(20-24-13-7-4-8-14-24)18-12-6-11-17-27(42)38(3)23(2)30(25-15-9-5-10-16-25)46-35(45)28-29(33(40)43)36(32)19-26(37)31(28)47-36/h4-10,12-16,19,22-23,28-32,41H,11,17-18,20-21H2,1-3H3/b12-6-/t22-,23-,28+,29-,30+,31+,32+,36-/m1/s1. The fourth-order valence-electron chi connectivity index (χ4n) is 7.40. The molecule has 1 spiro atoms. The molecule has 0 aromatic heterocycles. The number of hydrogen-bond donors (Lipinski definition) is 1. The van der Waals surface area contributed by atoms with Crippen molar-refractivity contribution in [3.63, 3.8) is 0 Å². The SMILES string of the molecule is C[C@@H]1[C@@H](c2ccccc2)OC(=O)[C@@H]2[C@H]3O[C@@]4(C=C3Br)[C@H](C(=O)N(Cc3ccccc3)C/C=C\CCC(=O)N1C)N([C@H](C)CO)C(=O)[C@@H]24. The monoisotopic (exact) mass is 705 g/mol. The Labute approximate surface area is 283 Å². The van der Waals surface area contributed by atoms with Gasteiger partial charge in [0.25, 0.3) is 0 Å². The molecule has 10 nitrogen and oxygen atoms in total. The van der Waals surface area contributed by atoms with Crippen LogP contribution in [0.15, 0.2) is 83.4 Å². The van der Waals surface area contributed by atoms with Gasteiger partial charge in [0.05, 0.1) is 24.6 Å². The van der Waals surface area contributed by atoms with Crippen molar-refractivity contribution in [2.45, 2.75) is 69.2 Å². The molecular weight excluding hydrogens is 666 g/mol. The second kappa shape index (κ2) is 13.4. The molecular formula is C36H40BrN3O7. The van der Waals surface area contributed by atoms with Crippen LogP contribution in [0, 0.1) is 11.8 Å². The van der Waals surface area contributed by atoms with Crippen LogP contribution in [0.25, 0.3) is 0 Å². The van der Waals surface area contributed by atoms with Crippen molar-refractivity contribution in [3.05, 3.63) is 94.5 Å². The molecule has 4 heterocycles. The summed E-state index contributed by atoms with van der Waals surface area (Å²) in [7, 11) is 1.70. The largest absolute Gasteiger partial charge is 0.455 e. The molecule has 248 valence electrons. The Balaban J connectivity index is 1.46. The number of allylic oxidation sites excluding steroid dienone is 1. The van der Waals surface area contributed by atoms with Crippen LogP contribution in [0.1, 0.15) is 43.9 Å². The number of aliphatic hydroxyl groups excluding tert-OH is 1. The lowest BCUT2D eigenvalue weighted by Crippen LogP contribution is -2.57. The number of ether oxygens (including phenoxy) is 2. The zero-order chi connectivity index (χ0) is 33.5. The number of aliphatic hydroxyl groups is 1. The smallest absolute Gasteiger partial charge is 0.313 e. The molecule has 0 saturated carbocycles. The van der Waals surface area contributed by atoms with Crippen LogP contribution in [0.2, 0.25) is 0 Å². The summed E-state index contributed by atoms with van der Waals surface area (Å²) in [6.45, 7) is 3.62. The molecule has 4 aliphatic rings. The van der Waals surface area contributed by atoms with Gasteiger partial charge in [0.2, 0.25) is 17.7 Å². The van der Waals surface area contributed by atoms with Gasteiger partial charge in [-0.25, -0.2) is 0 Å². The Bertz CT molecular complexity index is 1580. The lowest BCUT2D eigenvalue weighted by Gasteiger charge is -2.37. The van der Waals surface area contributed by atoms with Crippen LogP contribution in [0.5, 0.6) is 0 Å². The predicted octanol–water partition coefficient (Wildman–Crippen LogP) is 3.75. The maximum atomic E-state index is 14.8. The first-order valence-corrected chi connectivity index (χ1v) is 16.9. The van der Waals surface area contributed by atoms with E-state index < -0.39 is 59.6 Å².